The maximum atomic E-state index is 11.7. The maximum Gasteiger partial charge on any atom is 0.258 e. The number of nitrogens with one attached hydrogen (secondary N) is 1. The summed E-state index contributed by atoms with van der Waals surface area (Å²) in [7, 11) is 1.56. The zero-order valence-electron chi connectivity index (χ0n) is 11.3. The number of ether oxygens (including phenoxy) is 2. The number of benzene rings is 1. The van der Waals surface area contributed by atoms with Crippen LogP contribution in [0.3, 0.4) is 0 Å². The van der Waals surface area contributed by atoms with Crippen molar-refractivity contribution in [2.45, 2.75) is 13.3 Å². The van der Waals surface area contributed by atoms with Crippen molar-refractivity contribution in [2.75, 3.05) is 26.9 Å². The van der Waals surface area contributed by atoms with Gasteiger partial charge < -0.3 is 14.8 Å². The van der Waals surface area contributed by atoms with E-state index >= 15 is 0 Å². The van der Waals surface area contributed by atoms with Gasteiger partial charge in [-0.15, -0.1) is 0 Å². The van der Waals surface area contributed by atoms with Crippen LogP contribution < -0.4 is 10.1 Å². The Morgan fingerprint density at radius 2 is 2.00 bits per heavy atom. The van der Waals surface area contributed by atoms with Crippen LogP contribution in [0.2, 0.25) is 0 Å². The predicted octanol–water partition coefficient (Wildman–Crippen LogP) is 1.42. The molecular weight excluding hydrogens is 246 g/mol. The Balaban J connectivity index is 2.53. The normalized spacial score (nSPS) is 10.0. The number of para-hydroxylation sites is 1. The number of hydrogen-bond donors (Lipinski definition) is 1. The quantitative estimate of drug-likeness (QED) is 0.570. The molecule has 0 atom stereocenters. The summed E-state index contributed by atoms with van der Waals surface area (Å²) < 4.78 is 10.2. The Kier molecular flexibility index (Phi) is 6.60. The lowest BCUT2D eigenvalue weighted by atomic mass is 10.1. The van der Waals surface area contributed by atoms with Gasteiger partial charge in [0.1, 0.15) is 5.75 Å². The molecule has 0 unspecified atom stereocenters. The Bertz CT molecular complexity index is 431. The van der Waals surface area contributed by atoms with E-state index in [1.165, 1.54) is 0 Å². The lowest BCUT2D eigenvalue weighted by molar-refractivity contribution is -0.123. The number of ketones is 1. The standard InChI is InChI=1S/C14H19NO4/c1-3-12(16)11-6-4-5-7-13(11)19-10-14(17)15-8-9-18-2/h4-7H,3,8-10H2,1-2H3,(H,15,17). The molecular formula is C14H19NO4. The van der Waals surface area contributed by atoms with E-state index in [2.05, 4.69) is 5.32 Å². The fraction of sp³-hybridized carbons (Fsp3) is 0.429. The summed E-state index contributed by atoms with van der Waals surface area (Å²) in [6.45, 7) is 2.57. The molecule has 0 radical (unpaired) electrons. The van der Waals surface area contributed by atoms with E-state index < -0.39 is 0 Å². The first-order chi connectivity index (χ1) is 9.19. The average molecular weight is 265 g/mol. The molecule has 19 heavy (non-hydrogen) atoms. The second-order valence-corrected chi connectivity index (χ2v) is 3.90. The van der Waals surface area contributed by atoms with Crippen molar-refractivity contribution >= 4 is 11.7 Å². The van der Waals surface area contributed by atoms with Crippen LogP contribution in [0, 0.1) is 0 Å². The Morgan fingerprint density at radius 3 is 2.68 bits per heavy atom. The second kappa shape index (κ2) is 8.26. The first kappa shape index (κ1) is 15.2. The van der Waals surface area contributed by atoms with Crippen LogP contribution in [0.5, 0.6) is 5.75 Å². The number of methoxy groups -OCH3 is 1. The summed E-state index contributed by atoms with van der Waals surface area (Å²) in [5.41, 5.74) is 0.509. The van der Waals surface area contributed by atoms with Crippen molar-refractivity contribution in [3.63, 3.8) is 0 Å². The zero-order valence-corrected chi connectivity index (χ0v) is 11.3. The van der Waals surface area contributed by atoms with E-state index in [4.69, 9.17) is 9.47 Å². The Labute approximate surface area is 112 Å². The fourth-order valence-electron chi connectivity index (χ4n) is 1.50. The molecule has 0 spiro atoms. The summed E-state index contributed by atoms with van der Waals surface area (Å²) >= 11 is 0. The Hall–Kier alpha value is -1.88. The van der Waals surface area contributed by atoms with Gasteiger partial charge in [-0.2, -0.15) is 0 Å². The highest BCUT2D eigenvalue weighted by Crippen LogP contribution is 2.19. The highest BCUT2D eigenvalue weighted by Gasteiger charge is 2.11. The van der Waals surface area contributed by atoms with Gasteiger partial charge in [0.15, 0.2) is 12.4 Å². The largest absolute Gasteiger partial charge is 0.483 e. The molecule has 104 valence electrons. The van der Waals surface area contributed by atoms with Crippen LogP contribution in [0.25, 0.3) is 0 Å². The topological polar surface area (TPSA) is 64.6 Å². The number of carbonyl (C=O) groups excluding carboxylic acids is 2. The molecule has 0 bridgehead atoms. The first-order valence-electron chi connectivity index (χ1n) is 6.19. The molecule has 0 aliphatic rings. The van der Waals surface area contributed by atoms with Crippen molar-refractivity contribution in [1.29, 1.82) is 0 Å². The highest BCUT2D eigenvalue weighted by atomic mass is 16.5. The molecule has 1 rings (SSSR count). The molecule has 0 saturated carbocycles. The van der Waals surface area contributed by atoms with Crippen molar-refractivity contribution in [3.8, 4) is 5.75 Å². The third-order valence-corrected chi connectivity index (χ3v) is 2.50. The summed E-state index contributed by atoms with van der Waals surface area (Å²) in [5, 5.41) is 2.64. The minimum atomic E-state index is -0.240. The van der Waals surface area contributed by atoms with Gasteiger partial charge in [0.05, 0.1) is 12.2 Å². The molecule has 1 aromatic rings. The van der Waals surface area contributed by atoms with Gasteiger partial charge >= 0.3 is 0 Å². The molecule has 1 amide bonds. The van der Waals surface area contributed by atoms with Crippen LogP contribution in [-0.4, -0.2) is 38.6 Å². The van der Waals surface area contributed by atoms with Crippen LogP contribution in [0.1, 0.15) is 23.7 Å². The molecule has 1 N–H and O–H groups in total. The van der Waals surface area contributed by atoms with Gasteiger partial charge in [-0.3, -0.25) is 9.59 Å². The van der Waals surface area contributed by atoms with Crippen LogP contribution in [0.15, 0.2) is 24.3 Å². The Morgan fingerprint density at radius 1 is 1.26 bits per heavy atom. The van der Waals surface area contributed by atoms with Gasteiger partial charge in [-0.1, -0.05) is 19.1 Å². The number of hydrogen-bond acceptors (Lipinski definition) is 4. The van der Waals surface area contributed by atoms with Crippen LogP contribution in [-0.2, 0) is 9.53 Å². The molecule has 0 aliphatic heterocycles. The number of Topliss-reactive ketones (excluding diaryl/α,β-unsaturated/α-hetero) is 1. The molecule has 0 heterocycles. The number of rotatable bonds is 8. The number of carbonyl (C=O) groups is 2. The predicted molar refractivity (Wildman–Crippen MR) is 71.4 cm³/mol. The molecule has 1 aromatic carbocycles. The molecule has 0 saturated heterocycles. The van der Waals surface area contributed by atoms with Gasteiger partial charge in [0, 0.05) is 20.1 Å². The van der Waals surface area contributed by atoms with Gasteiger partial charge in [0.2, 0.25) is 0 Å². The molecule has 5 heteroatoms. The zero-order chi connectivity index (χ0) is 14.1. The van der Waals surface area contributed by atoms with E-state index in [9.17, 15) is 9.59 Å². The van der Waals surface area contributed by atoms with E-state index in [1.54, 1.807) is 38.3 Å². The summed E-state index contributed by atoms with van der Waals surface area (Å²) in [6, 6.07) is 6.92. The second-order valence-electron chi connectivity index (χ2n) is 3.90. The van der Waals surface area contributed by atoms with Gasteiger partial charge in [-0.05, 0) is 12.1 Å². The van der Waals surface area contributed by atoms with Gasteiger partial charge in [0.25, 0.3) is 5.91 Å². The third kappa shape index (κ3) is 5.09. The van der Waals surface area contributed by atoms with Gasteiger partial charge in [-0.25, -0.2) is 0 Å². The van der Waals surface area contributed by atoms with Crippen LogP contribution in [0.4, 0.5) is 0 Å². The van der Waals surface area contributed by atoms with E-state index in [-0.39, 0.29) is 18.3 Å². The van der Waals surface area contributed by atoms with Crippen LogP contribution >= 0.6 is 0 Å². The lowest BCUT2D eigenvalue weighted by Gasteiger charge is -2.10. The SMILES string of the molecule is CCC(=O)c1ccccc1OCC(=O)NCCOC. The maximum absolute atomic E-state index is 11.7. The molecule has 0 aliphatic carbocycles. The fourth-order valence-corrected chi connectivity index (χ4v) is 1.50. The smallest absolute Gasteiger partial charge is 0.258 e. The molecule has 0 fully saturated rings. The van der Waals surface area contributed by atoms with E-state index in [0.29, 0.717) is 30.9 Å². The monoisotopic (exact) mass is 265 g/mol. The van der Waals surface area contributed by atoms with Crippen molar-refractivity contribution < 1.29 is 19.1 Å². The number of amides is 1. The molecule has 5 nitrogen and oxygen atoms in total. The molecule has 0 aromatic heterocycles. The van der Waals surface area contributed by atoms with Crippen molar-refractivity contribution in [1.82, 2.24) is 5.32 Å². The third-order valence-electron chi connectivity index (χ3n) is 2.50. The minimum absolute atomic E-state index is 0.00427. The lowest BCUT2D eigenvalue weighted by Crippen LogP contribution is -2.31. The van der Waals surface area contributed by atoms with E-state index in [1.807, 2.05) is 0 Å². The summed E-state index contributed by atoms with van der Waals surface area (Å²) in [5.74, 6) is 0.197. The average Bonchev–Trinajstić information content (AvgIpc) is 2.45. The summed E-state index contributed by atoms with van der Waals surface area (Å²) in [6.07, 6.45) is 0.403. The van der Waals surface area contributed by atoms with Crippen molar-refractivity contribution in [3.05, 3.63) is 29.8 Å². The summed E-state index contributed by atoms with van der Waals surface area (Å²) in [4.78, 5) is 23.2. The van der Waals surface area contributed by atoms with E-state index in [0.717, 1.165) is 0 Å². The van der Waals surface area contributed by atoms with Crippen molar-refractivity contribution in [2.24, 2.45) is 0 Å². The first-order valence-corrected chi connectivity index (χ1v) is 6.19. The highest BCUT2D eigenvalue weighted by molar-refractivity contribution is 5.98. The minimum Gasteiger partial charge on any atom is -0.483 e.